The second-order valence-corrected chi connectivity index (χ2v) is 8.28. The Hall–Kier alpha value is -4.24. The van der Waals surface area contributed by atoms with Gasteiger partial charge in [0.05, 0.1) is 19.3 Å². The minimum absolute atomic E-state index is 0.111. The number of esters is 1. The van der Waals surface area contributed by atoms with Crippen LogP contribution in [0.25, 0.3) is 11.3 Å². The Morgan fingerprint density at radius 1 is 1.06 bits per heavy atom. The zero-order valence-electron chi connectivity index (χ0n) is 18.7. The van der Waals surface area contributed by atoms with Crippen LogP contribution in [0.5, 0.6) is 11.5 Å². The molecule has 9 heteroatoms. The molecule has 0 saturated carbocycles. The molecule has 1 amide bonds. The third-order valence-corrected chi connectivity index (χ3v) is 5.96. The van der Waals surface area contributed by atoms with Crippen LogP contribution in [0.4, 0.5) is 9.52 Å². The molecule has 1 heterocycles. The molecule has 0 fully saturated rings. The van der Waals surface area contributed by atoms with E-state index in [0.29, 0.717) is 22.1 Å². The SMILES string of the molecule is COc1ccc(O)c(C(=O)OCC(=O)N(Cc2ccccc2)c2nc(-c3ccc(F)cc3)cs2)c1. The molecule has 0 bridgehead atoms. The van der Waals surface area contributed by atoms with E-state index in [1.165, 1.54) is 53.7 Å². The molecule has 0 atom stereocenters. The average Bonchev–Trinajstić information content (AvgIpc) is 3.37. The normalized spacial score (nSPS) is 10.6. The number of carbonyl (C=O) groups excluding carboxylic acids is 2. The third kappa shape index (κ3) is 5.82. The number of anilines is 1. The summed E-state index contributed by atoms with van der Waals surface area (Å²) in [5, 5.41) is 12.2. The number of rotatable bonds is 8. The number of halogens is 1. The lowest BCUT2D eigenvalue weighted by Gasteiger charge is -2.20. The first kappa shape index (κ1) is 23.9. The highest BCUT2D eigenvalue weighted by Gasteiger charge is 2.23. The molecule has 35 heavy (non-hydrogen) atoms. The van der Waals surface area contributed by atoms with Crippen molar-refractivity contribution in [2.45, 2.75) is 6.54 Å². The number of amides is 1. The van der Waals surface area contributed by atoms with E-state index < -0.39 is 18.5 Å². The Morgan fingerprint density at radius 3 is 2.51 bits per heavy atom. The fourth-order valence-corrected chi connectivity index (χ4v) is 4.11. The molecule has 1 N–H and O–H groups in total. The average molecular weight is 493 g/mol. The van der Waals surface area contributed by atoms with Gasteiger partial charge in [-0.05, 0) is 48.0 Å². The molecule has 0 radical (unpaired) electrons. The van der Waals surface area contributed by atoms with Crippen molar-refractivity contribution in [2.75, 3.05) is 18.6 Å². The van der Waals surface area contributed by atoms with E-state index in [-0.39, 0.29) is 23.7 Å². The predicted octanol–water partition coefficient (Wildman–Crippen LogP) is 5.05. The van der Waals surface area contributed by atoms with E-state index in [1.54, 1.807) is 17.5 Å². The summed E-state index contributed by atoms with van der Waals surface area (Å²) in [6.07, 6.45) is 0. The number of thiazole rings is 1. The molecule has 4 aromatic rings. The Balaban J connectivity index is 1.54. The maximum Gasteiger partial charge on any atom is 0.342 e. The van der Waals surface area contributed by atoms with Gasteiger partial charge in [-0.15, -0.1) is 11.3 Å². The molecule has 0 unspecified atom stereocenters. The monoisotopic (exact) mass is 492 g/mol. The van der Waals surface area contributed by atoms with Crippen molar-refractivity contribution in [3.63, 3.8) is 0 Å². The largest absolute Gasteiger partial charge is 0.507 e. The first-order valence-corrected chi connectivity index (χ1v) is 11.4. The van der Waals surface area contributed by atoms with Crippen molar-refractivity contribution in [3.8, 4) is 22.8 Å². The van der Waals surface area contributed by atoms with Crippen LogP contribution in [0.3, 0.4) is 0 Å². The number of benzene rings is 3. The van der Waals surface area contributed by atoms with Gasteiger partial charge in [0.1, 0.15) is 22.9 Å². The molecule has 4 rings (SSSR count). The summed E-state index contributed by atoms with van der Waals surface area (Å²) in [5.41, 5.74) is 2.05. The number of aromatic nitrogens is 1. The van der Waals surface area contributed by atoms with Gasteiger partial charge >= 0.3 is 5.97 Å². The maximum absolute atomic E-state index is 13.3. The highest BCUT2D eigenvalue weighted by atomic mass is 32.1. The van der Waals surface area contributed by atoms with Crippen molar-refractivity contribution in [1.29, 1.82) is 0 Å². The fourth-order valence-electron chi connectivity index (χ4n) is 3.26. The van der Waals surface area contributed by atoms with Crippen molar-refractivity contribution < 1.29 is 28.6 Å². The highest BCUT2D eigenvalue weighted by Crippen LogP contribution is 2.29. The standard InChI is InChI=1S/C26H21FN2O5S/c1-33-20-11-12-23(30)21(13-20)25(32)34-15-24(31)29(14-17-5-3-2-4-6-17)26-28-22(16-35-26)18-7-9-19(27)10-8-18/h2-13,16,30H,14-15H2,1H3. The van der Waals surface area contributed by atoms with Crippen molar-refractivity contribution in [2.24, 2.45) is 0 Å². The van der Waals surface area contributed by atoms with Crippen molar-refractivity contribution in [3.05, 3.63) is 95.1 Å². The predicted molar refractivity (Wildman–Crippen MR) is 130 cm³/mol. The number of methoxy groups -OCH3 is 1. The lowest BCUT2D eigenvalue weighted by molar-refractivity contribution is -0.121. The van der Waals surface area contributed by atoms with Gasteiger partial charge < -0.3 is 14.6 Å². The van der Waals surface area contributed by atoms with Gasteiger partial charge in [0.15, 0.2) is 11.7 Å². The number of phenolic OH excluding ortho intramolecular Hbond substituents is 1. The van der Waals surface area contributed by atoms with Crippen LogP contribution in [0, 0.1) is 5.82 Å². The van der Waals surface area contributed by atoms with Gasteiger partial charge in [0, 0.05) is 10.9 Å². The van der Waals surface area contributed by atoms with Gasteiger partial charge in [-0.25, -0.2) is 14.2 Å². The Labute approximate surface area is 205 Å². The van der Waals surface area contributed by atoms with Crippen LogP contribution in [0.2, 0.25) is 0 Å². The van der Waals surface area contributed by atoms with Gasteiger partial charge in [-0.3, -0.25) is 9.69 Å². The zero-order chi connectivity index (χ0) is 24.8. The quantitative estimate of drug-likeness (QED) is 0.346. The van der Waals surface area contributed by atoms with E-state index in [0.717, 1.165) is 5.56 Å². The number of phenols is 1. The van der Waals surface area contributed by atoms with Crippen molar-refractivity contribution >= 4 is 28.3 Å². The van der Waals surface area contributed by atoms with Crippen LogP contribution in [0.15, 0.2) is 78.2 Å². The van der Waals surface area contributed by atoms with Crippen LogP contribution >= 0.6 is 11.3 Å². The molecule has 0 spiro atoms. The number of hydrogen-bond acceptors (Lipinski definition) is 7. The van der Waals surface area contributed by atoms with Crippen LogP contribution in [-0.4, -0.2) is 35.7 Å². The van der Waals surface area contributed by atoms with Crippen LogP contribution < -0.4 is 9.64 Å². The summed E-state index contributed by atoms with van der Waals surface area (Å²) < 4.78 is 23.6. The molecular weight excluding hydrogens is 471 g/mol. The molecule has 1 aromatic heterocycles. The first-order chi connectivity index (χ1) is 16.9. The molecule has 0 aliphatic carbocycles. The second-order valence-electron chi connectivity index (χ2n) is 7.45. The number of carbonyl (C=O) groups is 2. The van der Waals surface area contributed by atoms with Crippen molar-refractivity contribution in [1.82, 2.24) is 4.98 Å². The molecular formula is C26H21FN2O5S. The molecule has 0 aliphatic rings. The van der Waals surface area contributed by atoms with Crippen LogP contribution in [0.1, 0.15) is 15.9 Å². The van der Waals surface area contributed by atoms with Gasteiger partial charge in [-0.2, -0.15) is 0 Å². The van der Waals surface area contributed by atoms with E-state index >= 15 is 0 Å². The number of hydrogen-bond donors (Lipinski definition) is 1. The van der Waals surface area contributed by atoms with E-state index in [2.05, 4.69) is 4.98 Å². The summed E-state index contributed by atoms with van der Waals surface area (Å²) in [6.45, 7) is -0.355. The highest BCUT2D eigenvalue weighted by molar-refractivity contribution is 7.14. The lowest BCUT2D eigenvalue weighted by atomic mass is 10.2. The molecule has 7 nitrogen and oxygen atoms in total. The maximum atomic E-state index is 13.3. The Morgan fingerprint density at radius 2 is 1.80 bits per heavy atom. The molecule has 3 aromatic carbocycles. The fraction of sp³-hybridized carbons (Fsp3) is 0.115. The van der Waals surface area contributed by atoms with E-state index in [1.807, 2.05) is 30.3 Å². The summed E-state index contributed by atoms with van der Waals surface area (Å²) in [6, 6.07) is 19.4. The van der Waals surface area contributed by atoms with Crippen LogP contribution in [-0.2, 0) is 16.1 Å². The Kier molecular flexibility index (Phi) is 7.37. The van der Waals surface area contributed by atoms with E-state index in [9.17, 15) is 19.1 Å². The number of nitrogens with zero attached hydrogens (tertiary/aromatic N) is 2. The topological polar surface area (TPSA) is 89.0 Å². The lowest BCUT2D eigenvalue weighted by Crippen LogP contribution is -2.34. The molecule has 0 aliphatic heterocycles. The number of aromatic hydroxyl groups is 1. The third-order valence-electron chi connectivity index (χ3n) is 5.10. The summed E-state index contributed by atoms with van der Waals surface area (Å²) >= 11 is 1.25. The summed E-state index contributed by atoms with van der Waals surface area (Å²) in [4.78, 5) is 31.7. The smallest absolute Gasteiger partial charge is 0.342 e. The summed E-state index contributed by atoms with van der Waals surface area (Å²) in [7, 11) is 1.43. The minimum atomic E-state index is -0.861. The second kappa shape index (κ2) is 10.8. The number of ether oxygens (including phenoxy) is 2. The summed E-state index contributed by atoms with van der Waals surface area (Å²) in [5.74, 6) is -1.63. The Bertz CT molecular complexity index is 1330. The van der Waals surface area contributed by atoms with Gasteiger partial charge in [0.2, 0.25) is 0 Å². The van der Waals surface area contributed by atoms with Gasteiger partial charge in [0.25, 0.3) is 5.91 Å². The van der Waals surface area contributed by atoms with Gasteiger partial charge in [-0.1, -0.05) is 30.3 Å². The first-order valence-electron chi connectivity index (χ1n) is 10.5. The molecule has 178 valence electrons. The zero-order valence-corrected chi connectivity index (χ0v) is 19.5. The molecule has 0 saturated heterocycles. The minimum Gasteiger partial charge on any atom is -0.507 e. The van der Waals surface area contributed by atoms with E-state index in [4.69, 9.17) is 9.47 Å².